The summed E-state index contributed by atoms with van der Waals surface area (Å²) in [4.78, 5) is 17.8. The van der Waals surface area contributed by atoms with Gasteiger partial charge < -0.3 is 19.8 Å². The summed E-state index contributed by atoms with van der Waals surface area (Å²) in [5, 5.41) is 32.3. The molecule has 0 aromatic rings. The van der Waals surface area contributed by atoms with Crippen molar-refractivity contribution in [1.29, 1.82) is 10.5 Å². The summed E-state index contributed by atoms with van der Waals surface area (Å²) in [6, 6.07) is 1.67. The molecule has 0 aliphatic carbocycles. The number of carboxylic acid groups (broad SMARTS) is 2. The molecule has 0 spiro atoms. The largest absolute Gasteiger partial charge is 2.00 e. The molecule has 0 fully saturated rings. The van der Waals surface area contributed by atoms with E-state index in [-0.39, 0.29) is 17.1 Å². The van der Waals surface area contributed by atoms with Gasteiger partial charge in [0.1, 0.15) is 24.1 Å². The predicted molar refractivity (Wildman–Crippen MR) is 21.2 cm³/mol. The van der Waals surface area contributed by atoms with Crippen molar-refractivity contribution in [2.24, 2.45) is 0 Å². The molecule has 0 bridgehead atoms. The number of nitrogens with zero attached hydrogens (tertiary/aromatic N) is 2. The zero-order valence-corrected chi connectivity index (χ0v) is 5.99. The average molecular weight is 196 g/mol. The summed E-state index contributed by atoms with van der Waals surface area (Å²) < 4.78 is 0. The third kappa shape index (κ3) is 58.8. The SMILES string of the molecule is N#CC(=O)[O-].N#CC(=O)[O-].[Fe+2]. The Morgan fingerprint density at radius 1 is 1.00 bits per heavy atom. The number of nitriles is 2. The fourth-order valence-electron chi connectivity index (χ4n) is 0. The van der Waals surface area contributed by atoms with E-state index in [9.17, 15) is 0 Å². The number of rotatable bonds is 0. The Morgan fingerprint density at radius 2 is 1.09 bits per heavy atom. The molecule has 6 nitrogen and oxygen atoms in total. The number of hydrogen-bond acceptors (Lipinski definition) is 6. The molecular weight excluding hydrogens is 196 g/mol. The van der Waals surface area contributed by atoms with Gasteiger partial charge in [0.2, 0.25) is 0 Å². The second-order valence-electron chi connectivity index (χ2n) is 0.799. The van der Waals surface area contributed by atoms with Gasteiger partial charge in [-0.3, -0.25) is 0 Å². The molecule has 58 valence electrons. The van der Waals surface area contributed by atoms with Gasteiger partial charge in [0.05, 0.1) is 0 Å². The minimum atomic E-state index is -1.69. The second-order valence-corrected chi connectivity index (χ2v) is 0.799. The molecule has 0 rings (SSSR count). The van der Waals surface area contributed by atoms with Gasteiger partial charge in [-0.25, -0.2) is 0 Å². The Kier molecular flexibility index (Phi) is 16.6. The standard InChI is InChI=1S/2C2HNO2.Fe/c2*3-1-2(4)5;/h2*(H,4,5);/q;;+2/p-2. The Balaban J connectivity index is -0.000000107. The molecule has 0 saturated carbocycles. The first-order valence-corrected chi connectivity index (χ1v) is 1.76. The van der Waals surface area contributed by atoms with E-state index in [0.29, 0.717) is 0 Å². The number of carboxylic acids is 2. The van der Waals surface area contributed by atoms with Gasteiger partial charge in [0, 0.05) is 0 Å². The van der Waals surface area contributed by atoms with Crippen LogP contribution in [0.25, 0.3) is 0 Å². The van der Waals surface area contributed by atoms with Crippen LogP contribution in [0.4, 0.5) is 0 Å². The quantitative estimate of drug-likeness (QED) is 0.292. The molecule has 0 aromatic carbocycles. The van der Waals surface area contributed by atoms with Crippen molar-refractivity contribution >= 4 is 11.9 Å². The van der Waals surface area contributed by atoms with Crippen LogP contribution in [-0.4, -0.2) is 11.9 Å². The molecular formula is C4FeN2O4. The number of carbonyl (C=O) groups excluding carboxylic acids is 2. The third-order valence-electron chi connectivity index (χ3n) is 0.183. The van der Waals surface area contributed by atoms with Crippen LogP contribution in [-0.2, 0) is 26.7 Å². The van der Waals surface area contributed by atoms with Crippen molar-refractivity contribution < 1.29 is 36.9 Å². The maximum absolute atomic E-state index is 8.90. The average Bonchev–Trinajstić information content (AvgIpc) is 1.89. The molecule has 11 heavy (non-hydrogen) atoms. The monoisotopic (exact) mass is 196 g/mol. The molecule has 0 atom stereocenters. The zero-order valence-electron chi connectivity index (χ0n) is 4.88. The summed E-state index contributed by atoms with van der Waals surface area (Å²) in [6.07, 6.45) is 0. The first kappa shape index (κ1) is 16.2. The summed E-state index contributed by atoms with van der Waals surface area (Å²) in [7, 11) is 0. The van der Waals surface area contributed by atoms with Gasteiger partial charge in [-0.1, -0.05) is 0 Å². The van der Waals surface area contributed by atoms with Crippen molar-refractivity contribution in [3.63, 3.8) is 0 Å². The predicted octanol–water partition coefficient (Wildman–Crippen LogP) is -3.48. The summed E-state index contributed by atoms with van der Waals surface area (Å²) in [5.74, 6) is -3.38. The maximum Gasteiger partial charge on any atom is 2.00 e. The van der Waals surface area contributed by atoms with E-state index < -0.39 is 11.9 Å². The molecule has 7 heteroatoms. The molecule has 0 N–H and O–H groups in total. The summed E-state index contributed by atoms with van der Waals surface area (Å²) >= 11 is 0. The second kappa shape index (κ2) is 11.3. The molecule has 0 radical (unpaired) electrons. The minimum absolute atomic E-state index is 0. The van der Waals surface area contributed by atoms with E-state index in [1.54, 1.807) is 0 Å². The minimum Gasteiger partial charge on any atom is -0.535 e. The third-order valence-corrected chi connectivity index (χ3v) is 0.183. The van der Waals surface area contributed by atoms with Crippen molar-refractivity contribution in [3.8, 4) is 12.1 Å². The van der Waals surface area contributed by atoms with Gasteiger partial charge in [0.15, 0.2) is 0 Å². The van der Waals surface area contributed by atoms with Gasteiger partial charge >= 0.3 is 17.1 Å². The van der Waals surface area contributed by atoms with E-state index in [1.165, 1.54) is 0 Å². The summed E-state index contributed by atoms with van der Waals surface area (Å²) in [6.45, 7) is 0. The first-order chi connectivity index (χ1) is 4.54. The molecule has 0 aliphatic heterocycles. The van der Waals surface area contributed by atoms with Crippen molar-refractivity contribution in [2.75, 3.05) is 0 Å². The van der Waals surface area contributed by atoms with Crippen molar-refractivity contribution in [2.45, 2.75) is 0 Å². The van der Waals surface area contributed by atoms with E-state index in [1.807, 2.05) is 0 Å². The van der Waals surface area contributed by atoms with Crippen molar-refractivity contribution in [1.82, 2.24) is 0 Å². The van der Waals surface area contributed by atoms with Crippen LogP contribution >= 0.6 is 0 Å². The molecule has 0 saturated heterocycles. The maximum atomic E-state index is 8.90. The number of hydrogen-bond donors (Lipinski definition) is 0. The van der Waals surface area contributed by atoms with Gasteiger partial charge in [-0.15, -0.1) is 0 Å². The van der Waals surface area contributed by atoms with Crippen LogP contribution in [0.5, 0.6) is 0 Å². The van der Waals surface area contributed by atoms with Crippen LogP contribution in [0.1, 0.15) is 0 Å². The Morgan fingerprint density at radius 3 is 1.09 bits per heavy atom. The number of aliphatic carboxylic acids is 2. The van der Waals surface area contributed by atoms with Crippen LogP contribution < -0.4 is 10.2 Å². The van der Waals surface area contributed by atoms with Crippen molar-refractivity contribution in [3.05, 3.63) is 0 Å². The fourth-order valence-corrected chi connectivity index (χ4v) is 0. The van der Waals surface area contributed by atoms with Gasteiger partial charge in [0.25, 0.3) is 0 Å². The first-order valence-electron chi connectivity index (χ1n) is 1.76. The van der Waals surface area contributed by atoms with E-state index >= 15 is 0 Å². The van der Waals surface area contributed by atoms with Gasteiger partial charge in [-0.2, -0.15) is 10.5 Å². The Hall–Kier alpha value is -1.56. The molecule has 0 heterocycles. The number of carbonyl (C=O) groups is 2. The normalized spacial score (nSPS) is 4.91. The van der Waals surface area contributed by atoms with Crippen LogP contribution in [0.3, 0.4) is 0 Å². The van der Waals surface area contributed by atoms with E-state index in [4.69, 9.17) is 30.3 Å². The Bertz CT molecular complexity index is 189. The van der Waals surface area contributed by atoms with Gasteiger partial charge in [-0.05, 0) is 0 Å². The van der Waals surface area contributed by atoms with E-state index in [2.05, 4.69) is 0 Å². The topological polar surface area (TPSA) is 128 Å². The zero-order chi connectivity index (χ0) is 8.57. The smallest absolute Gasteiger partial charge is 0.535 e. The fraction of sp³-hybridized carbons (Fsp3) is 0. The van der Waals surface area contributed by atoms with Crippen LogP contribution in [0, 0.1) is 22.7 Å². The van der Waals surface area contributed by atoms with Crippen LogP contribution in [0.2, 0.25) is 0 Å². The summed E-state index contributed by atoms with van der Waals surface area (Å²) in [5.41, 5.74) is 0. The molecule has 0 amide bonds. The van der Waals surface area contributed by atoms with E-state index in [0.717, 1.165) is 12.1 Å². The molecule has 0 aromatic heterocycles. The molecule has 0 aliphatic rings. The Labute approximate surface area is 72.1 Å². The molecule has 0 unspecified atom stereocenters. The van der Waals surface area contributed by atoms with Crippen LogP contribution in [0.15, 0.2) is 0 Å².